The second-order valence-electron chi connectivity index (χ2n) is 3.24. The van der Waals surface area contributed by atoms with Crippen molar-refractivity contribution >= 4 is 23.3 Å². The molecule has 2 rings (SSSR count). The minimum Gasteiger partial charge on any atom is -0.308 e. The molecule has 0 aliphatic rings. The number of aromatic nitrogens is 2. The third-order valence-electron chi connectivity index (χ3n) is 2.02. The number of rotatable bonds is 4. The van der Waals surface area contributed by atoms with Crippen LogP contribution in [0.25, 0.3) is 0 Å². The average molecular weight is 263 g/mol. The fourth-order valence-electron chi connectivity index (χ4n) is 1.25. The minimum absolute atomic E-state index is 0.0606. The number of hydrogen-bond acceptors (Lipinski definition) is 7. The predicted octanol–water partition coefficient (Wildman–Crippen LogP) is 1.82. The lowest BCUT2D eigenvalue weighted by atomic mass is 10.4. The first-order valence-electron chi connectivity index (χ1n) is 4.90. The van der Waals surface area contributed by atoms with Gasteiger partial charge >= 0.3 is 0 Å². The fourth-order valence-corrected chi connectivity index (χ4v) is 2.07. The summed E-state index contributed by atoms with van der Waals surface area (Å²) in [5, 5.41) is 11.3. The monoisotopic (exact) mass is 263 g/mol. The molecule has 0 amide bonds. The molecular weight excluding hydrogens is 254 g/mol. The maximum atomic E-state index is 10.8. The van der Waals surface area contributed by atoms with Crippen LogP contribution in [0.3, 0.4) is 0 Å². The number of pyridine rings is 2. The van der Waals surface area contributed by atoms with E-state index in [0.29, 0.717) is 5.03 Å². The molecule has 2 aromatic heterocycles. The van der Waals surface area contributed by atoms with Gasteiger partial charge in [0.25, 0.3) is 5.69 Å². The fraction of sp³-hybridized carbons (Fsp3) is 0. The first-order chi connectivity index (χ1) is 8.69. The molecule has 2 aromatic rings. The maximum absolute atomic E-state index is 10.8. The molecule has 7 nitrogen and oxygen atoms in total. The largest absolute Gasteiger partial charge is 0.308 e. The van der Waals surface area contributed by atoms with Crippen LogP contribution in [0, 0.1) is 10.1 Å². The summed E-state index contributed by atoms with van der Waals surface area (Å²) in [7, 11) is 0. The Labute approximate surface area is 107 Å². The second kappa shape index (κ2) is 5.43. The van der Waals surface area contributed by atoms with E-state index in [9.17, 15) is 10.1 Å². The van der Waals surface area contributed by atoms with Crippen LogP contribution >= 0.6 is 11.8 Å². The first kappa shape index (κ1) is 12.3. The molecule has 0 saturated heterocycles. The van der Waals surface area contributed by atoms with E-state index in [-0.39, 0.29) is 11.5 Å². The molecule has 0 spiro atoms. The quantitative estimate of drug-likeness (QED) is 0.492. The standard InChI is InChI=1S/C10H9N5O2S/c11-14-9-5-7(15(16)17)6-10(13-9)18-8-1-3-12-4-2-8/h1-6H,11H2,(H,13,14). The van der Waals surface area contributed by atoms with Gasteiger partial charge in [0.05, 0.1) is 11.0 Å². The molecule has 0 saturated carbocycles. The highest BCUT2D eigenvalue weighted by atomic mass is 32.2. The van der Waals surface area contributed by atoms with Gasteiger partial charge in [-0.2, -0.15) is 0 Å². The van der Waals surface area contributed by atoms with Gasteiger partial charge in [0.15, 0.2) is 0 Å². The van der Waals surface area contributed by atoms with E-state index in [4.69, 9.17) is 5.84 Å². The number of nitrogens with two attached hydrogens (primary N) is 1. The van der Waals surface area contributed by atoms with E-state index in [1.165, 1.54) is 23.9 Å². The number of nitrogens with one attached hydrogen (secondary N) is 1. The van der Waals surface area contributed by atoms with E-state index < -0.39 is 4.92 Å². The topological polar surface area (TPSA) is 107 Å². The van der Waals surface area contributed by atoms with Crippen molar-refractivity contribution in [3.63, 3.8) is 0 Å². The molecular formula is C10H9N5O2S. The van der Waals surface area contributed by atoms with Crippen LogP contribution < -0.4 is 11.3 Å². The number of nitrogen functional groups attached to an aromatic ring is 1. The van der Waals surface area contributed by atoms with Crippen molar-refractivity contribution in [2.45, 2.75) is 9.92 Å². The number of nitro groups is 1. The molecule has 0 aliphatic carbocycles. The summed E-state index contributed by atoms with van der Waals surface area (Å²) in [6.07, 6.45) is 3.28. The summed E-state index contributed by atoms with van der Waals surface area (Å²) < 4.78 is 0. The molecule has 0 aromatic carbocycles. The molecule has 0 bridgehead atoms. The van der Waals surface area contributed by atoms with Gasteiger partial charge in [-0.05, 0) is 12.1 Å². The van der Waals surface area contributed by atoms with Gasteiger partial charge in [-0.15, -0.1) is 0 Å². The van der Waals surface area contributed by atoms with Crippen LogP contribution in [0.15, 0.2) is 46.6 Å². The molecule has 0 radical (unpaired) electrons. The van der Waals surface area contributed by atoms with E-state index in [0.717, 1.165) is 4.90 Å². The lowest BCUT2D eigenvalue weighted by molar-refractivity contribution is -0.385. The SMILES string of the molecule is NNc1cc([N+](=O)[O-])cc(Sc2ccncc2)n1. The van der Waals surface area contributed by atoms with Gasteiger partial charge in [0, 0.05) is 23.4 Å². The summed E-state index contributed by atoms with van der Waals surface area (Å²) in [5.74, 6) is 5.48. The molecule has 0 fully saturated rings. The zero-order valence-corrected chi connectivity index (χ0v) is 9.92. The normalized spacial score (nSPS) is 10.1. The van der Waals surface area contributed by atoms with Crippen LogP contribution in [-0.2, 0) is 0 Å². The Hall–Kier alpha value is -2.19. The number of hydrogen-bond donors (Lipinski definition) is 2. The van der Waals surface area contributed by atoms with Crippen LogP contribution in [0.4, 0.5) is 11.5 Å². The van der Waals surface area contributed by atoms with Gasteiger partial charge in [0.2, 0.25) is 0 Å². The summed E-state index contributed by atoms with van der Waals surface area (Å²) >= 11 is 1.30. The van der Waals surface area contributed by atoms with Crippen LogP contribution in [-0.4, -0.2) is 14.9 Å². The van der Waals surface area contributed by atoms with Gasteiger partial charge in [0.1, 0.15) is 10.8 Å². The molecule has 3 N–H and O–H groups in total. The maximum Gasteiger partial charge on any atom is 0.275 e. The molecule has 0 unspecified atom stereocenters. The molecule has 8 heteroatoms. The van der Waals surface area contributed by atoms with E-state index in [1.54, 1.807) is 24.5 Å². The van der Waals surface area contributed by atoms with Crippen LogP contribution in [0.1, 0.15) is 0 Å². The Bertz CT molecular complexity index is 563. The van der Waals surface area contributed by atoms with E-state index >= 15 is 0 Å². The second-order valence-corrected chi connectivity index (χ2v) is 4.33. The highest BCUT2D eigenvalue weighted by Crippen LogP contribution is 2.29. The van der Waals surface area contributed by atoms with Crippen molar-refractivity contribution in [2.24, 2.45) is 5.84 Å². The lowest BCUT2D eigenvalue weighted by Crippen LogP contribution is -2.09. The summed E-state index contributed by atoms with van der Waals surface area (Å²) in [4.78, 5) is 19.2. The summed E-state index contributed by atoms with van der Waals surface area (Å²) in [6, 6.07) is 6.25. The molecule has 18 heavy (non-hydrogen) atoms. The molecule has 92 valence electrons. The Morgan fingerprint density at radius 2 is 2.06 bits per heavy atom. The van der Waals surface area contributed by atoms with E-state index in [1.807, 2.05) is 0 Å². The van der Waals surface area contributed by atoms with Crippen LogP contribution in [0.5, 0.6) is 0 Å². The third-order valence-corrected chi connectivity index (χ3v) is 2.94. The summed E-state index contributed by atoms with van der Waals surface area (Å²) in [6.45, 7) is 0. The Balaban J connectivity index is 2.32. The molecule has 0 atom stereocenters. The Kier molecular flexibility index (Phi) is 3.70. The lowest BCUT2D eigenvalue weighted by Gasteiger charge is -2.04. The van der Waals surface area contributed by atoms with Crippen molar-refractivity contribution in [1.29, 1.82) is 0 Å². The minimum atomic E-state index is -0.487. The van der Waals surface area contributed by atoms with Crippen molar-refractivity contribution in [2.75, 3.05) is 5.43 Å². The van der Waals surface area contributed by atoms with Crippen molar-refractivity contribution < 1.29 is 4.92 Å². The van der Waals surface area contributed by atoms with Gasteiger partial charge < -0.3 is 5.43 Å². The number of nitrogens with zero attached hydrogens (tertiary/aromatic N) is 3. The number of anilines is 1. The van der Waals surface area contributed by atoms with Crippen molar-refractivity contribution in [1.82, 2.24) is 9.97 Å². The van der Waals surface area contributed by atoms with Gasteiger partial charge in [-0.3, -0.25) is 15.1 Å². The average Bonchev–Trinajstić information content (AvgIpc) is 2.39. The smallest absolute Gasteiger partial charge is 0.275 e. The zero-order valence-electron chi connectivity index (χ0n) is 9.11. The summed E-state index contributed by atoms with van der Waals surface area (Å²) in [5.41, 5.74) is 2.25. The van der Waals surface area contributed by atoms with Gasteiger partial charge in [-0.1, -0.05) is 11.8 Å². The van der Waals surface area contributed by atoms with Gasteiger partial charge in [-0.25, -0.2) is 10.8 Å². The highest BCUT2D eigenvalue weighted by Gasteiger charge is 2.11. The zero-order chi connectivity index (χ0) is 13.0. The predicted molar refractivity (Wildman–Crippen MR) is 67.1 cm³/mol. The highest BCUT2D eigenvalue weighted by molar-refractivity contribution is 7.99. The first-order valence-corrected chi connectivity index (χ1v) is 5.71. The number of hydrazine groups is 1. The Morgan fingerprint density at radius 3 is 2.67 bits per heavy atom. The molecule has 0 aliphatic heterocycles. The van der Waals surface area contributed by atoms with Crippen molar-refractivity contribution in [3.8, 4) is 0 Å². The van der Waals surface area contributed by atoms with E-state index in [2.05, 4.69) is 15.4 Å². The molecule has 2 heterocycles. The third kappa shape index (κ3) is 2.93. The van der Waals surface area contributed by atoms with Crippen molar-refractivity contribution in [3.05, 3.63) is 46.8 Å². The Morgan fingerprint density at radius 1 is 1.33 bits per heavy atom. The van der Waals surface area contributed by atoms with Crippen LogP contribution in [0.2, 0.25) is 0 Å².